The fraction of sp³-hybridized carbons (Fsp3) is 0.500. The summed E-state index contributed by atoms with van der Waals surface area (Å²) < 4.78 is 22.1. The summed E-state index contributed by atoms with van der Waals surface area (Å²) in [5.74, 6) is -0.147. The van der Waals surface area contributed by atoms with E-state index in [1.807, 2.05) is 0 Å². The average molecular weight is 295 g/mol. The molecule has 0 saturated heterocycles. The van der Waals surface area contributed by atoms with Crippen LogP contribution in [-0.4, -0.2) is 48.9 Å². The largest absolute Gasteiger partial charge is 0.353 e. The molecule has 8 nitrogen and oxygen atoms in total. The van der Waals surface area contributed by atoms with Gasteiger partial charge in [-0.3, -0.25) is 10.1 Å². The number of halogens is 1. The van der Waals surface area contributed by atoms with Crippen molar-refractivity contribution in [3.8, 4) is 0 Å². The van der Waals surface area contributed by atoms with Crippen molar-refractivity contribution in [3.63, 3.8) is 0 Å². The van der Waals surface area contributed by atoms with E-state index in [4.69, 9.17) is 11.6 Å². The lowest BCUT2D eigenvalue weighted by molar-refractivity contribution is -0.384. The summed E-state index contributed by atoms with van der Waals surface area (Å²) in [5.41, 5.74) is -0.324. The van der Waals surface area contributed by atoms with Crippen molar-refractivity contribution >= 4 is 32.9 Å². The zero-order valence-corrected chi connectivity index (χ0v) is 11.3. The molecule has 0 aliphatic rings. The first-order valence-electron chi connectivity index (χ1n) is 4.76. The quantitative estimate of drug-likeness (QED) is 0.442. The molecule has 0 atom stereocenters. The predicted molar refractivity (Wildman–Crippen MR) is 66.7 cm³/mol. The van der Waals surface area contributed by atoms with Gasteiger partial charge in [0.1, 0.15) is 16.0 Å². The smallest absolute Gasteiger partial charge is 0.329 e. The van der Waals surface area contributed by atoms with Crippen molar-refractivity contribution in [2.45, 2.75) is 0 Å². The second-order valence-corrected chi connectivity index (χ2v) is 6.25. The zero-order valence-electron chi connectivity index (χ0n) is 9.70. The second kappa shape index (κ2) is 5.44. The third-order valence-electron chi connectivity index (χ3n) is 2.08. The van der Waals surface area contributed by atoms with Gasteiger partial charge in [-0.1, -0.05) is 0 Å². The third kappa shape index (κ3) is 4.08. The first kappa shape index (κ1) is 14.6. The van der Waals surface area contributed by atoms with Gasteiger partial charge >= 0.3 is 5.69 Å². The number of hydrogen-bond donors (Lipinski definition) is 0. The van der Waals surface area contributed by atoms with Crippen LogP contribution in [0.5, 0.6) is 0 Å². The molecule has 0 aromatic carbocycles. The Bertz CT molecular complexity index is 562. The molecule has 100 valence electrons. The minimum Gasteiger partial charge on any atom is -0.353 e. The molecule has 1 aromatic rings. The van der Waals surface area contributed by atoms with Crippen molar-refractivity contribution in [2.24, 2.45) is 0 Å². The SMILES string of the molecule is CN(CCS(C)(=O)=O)c1nc(Cl)ncc1[N+](=O)[O-]. The predicted octanol–water partition coefficient (Wildman–Crippen LogP) is 0.519. The van der Waals surface area contributed by atoms with Crippen LogP contribution in [0.2, 0.25) is 5.28 Å². The Morgan fingerprint density at radius 1 is 1.56 bits per heavy atom. The Morgan fingerprint density at radius 2 is 2.17 bits per heavy atom. The number of hydrogen-bond acceptors (Lipinski definition) is 7. The Hall–Kier alpha value is -1.48. The normalized spacial score (nSPS) is 11.3. The van der Waals surface area contributed by atoms with E-state index in [1.165, 1.54) is 11.9 Å². The number of sulfone groups is 1. The average Bonchev–Trinajstić information content (AvgIpc) is 2.24. The second-order valence-electron chi connectivity index (χ2n) is 3.66. The van der Waals surface area contributed by atoms with E-state index in [0.29, 0.717) is 0 Å². The molecule has 0 saturated carbocycles. The van der Waals surface area contributed by atoms with Gasteiger partial charge in [0.25, 0.3) is 0 Å². The maximum Gasteiger partial charge on any atom is 0.329 e. The first-order chi connectivity index (χ1) is 8.20. The van der Waals surface area contributed by atoms with Gasteiger partial charge in [-0.25, -0.2) is 13.4 Å². The summed E-state index contributed by atoms with van der Waals surface area (Å²) in [5, 5.41) is 10.6. The van der Waals surface area contributed by atoms with Crippen LogP contribution < -0.4 is 4.90 Å². The van der Waals surface area contributed by atoms with Crippen LogP contribution in [0.25, 0.3) is 0 Å². The zero-order chi connectivity index (χ0) is 13.9. The van der Waals surface area contributed by atoms with Crippen molar-refractivity contribution in [1.29, 1.82) is 0 Å². The Morgan fingerprint density at radius 3 is 2.67 bits per heavy atom. The van der Waals surface area contributed by atoms with Gasteiger partial charge in [-0.15, -0.1) is 0 Å². The molecule has 18 heavy (non-hydrogen) atoms. The topological polar surface area (TPSA) is 106 Å². The summed E-state index contributed by atoms with van der Waals surface area (Å²) in [7, 11) is -1.66. The maximum absolute atomic E-state index is 11.0. The first-order valence-corrected chi connectivity index (χ1v) is 7.20. The number of rotatable bonds is 5. The molecule has 0 bridgehead atoms. The van der Waals surface area contributed by atoms with Crippen molar-refractivity contribution in [1.82, 2.24) is 9.97 Å². The Kier molecular flexibility index (Phi) is 4.41. The molecule has 10 heteroatoms. The fourth-order valence-electron chi connectivity index (χ4n) is 1.16. The lowest BCUT2D eigenvalue weighted by Gasteiger charge is -2.16. The van der Waals surface area contributed by atoms with Gasteiger partial charge in [0.05, 0.1) is 10.7 Å². The lowest BCUT2D eigenvalue weighted by atomic mass is 10.4. The van der Waals surface area contributed by atoms with E-state index in [1.54, 1.807) is 0 Å². The summed E-state index contributed by atoms with van der Waals surface area (Å²) in [6.07, 6.45) is 2.07. The summed E-state index contributed by atoms with van der Waals surface area (Å²) in [6, 6.07) is 0. The van der Waals surface area contributed by atoms with Crippen LogP contribution >= 0.6 is 11.6 Å². The van der Waals surface area contributed by atoms with Crippen LogP contribution in [0.4, 0.5) is 11.5 Å². The molecule has 1 aromatic heterocycles. The highest BCUT2D eigenvalue weighted by atomic mass is 35.5. The lowest BCUT2D eigenvalue weighted by Crippen LogP contribution is -2.26. The van der Waals surface area contributed by atoms with Crippen molar-refractivity contribution in [3.05, 3.63) is 21.6 Å². The number of nitro groups is 1. The standard InChI is InChI=1S/C8H11ClN4O4S/c1-12(3-4-18(2,16)17)7-6(13(14)15)5-10-8(9)11-7/h5H,3-4H2,1-2H3. The molecule has 0 amide bonds. The minimum atomic E-state index is -3.16. The molecule has 0 aliphatic carbocycles. The molecule has 1 rings (SSSR count). The van der Waals surface area contributed by atoms with Crippen LogP contribution in [0, 0.1) is 10.1 Å². The molecule has 0 unspecified atom stereocenters. The van der Waals surface area contributed by atoms with E-state index in [-0.39, 0.29) is 29.1 Å². The molecule has 0 radical (unpaired) electrons. The van der Waals surface area contributed by atoms with Crippen molar-refractivity contribution in [2.75, 3.05) is 30.5 Å². The summed E-state index contributed by atoms with van der Waals surface area (Å²) >= 11 is 5.57. The van der Waals surface area contributed by atoms with E-state index >= 15 is 0 Å². The highest BCUT2D eigenvalue weighted by Gasteiger charge is 2.21. The highest BCUT2D eigenvalue weighted by molar-refractivity contribution is 7.90. The number of anilines is 1. The molecule has 0 fully saturated rings. The van der Waals surface area contributed by atoms with E-state index in [2.05, 4.69) is 9.97 Å². The van der Waals surface area contributed by atoms with Gasteiger partial charge in [-0.2, -0.15) is 4.98 Å². The molecule has 0 N–H and O–H groups in total. The minimum absolute atomic E-state index is 0.0105. The monoisotopic (exact) mass is 294 g/mol. The fourth-order valence-corrected chi connectivity index (χ4v) is 1.90. The maximum atomic E-state index is 11.0. The van der Waals surface area contributed by atoms with Gasteiger partial charge < -0.3 is 4.90 Å². The molecule has 0 aliphatic heterocycles. The van der Waals surface area contributed by atoms with Crippen LogP contribution in [0.3, 0.4) is 0 Å². The van der Waals surface area contributed by atoms with Crippen LogP contribution in [0.15, 0.2) is 6.20 Å². The molecule has 1 heterocycles. The van der Waals surface area contributed by atoms with Crippen molar-refractivity contribution < 1.29 is 13.3 Å². The Balaban J connectivity index is 3.00. The Labute approximate surface area is 109 Å². The summed E-state index contributed by atoms with van der Waals surface area (Å²) in [4.78, 5) is 18.7. The summed E-state index contributed by atoms with van der Waals surface area (Å²) in [6.45, 7) is 0.0764. The molecule has 0 spiro atoms. The van der Waals surface area contributed by atoms with Crippen LogP contribution in [0.1, 0.15) is 0 Å². The van der Waals surface area contributed by atoms with Gasteiger partial charge in [0.15, 0.2) is 0 Å². The molecular formula is C8H11ClN4O4S. The third-order valence-corrected chi connectivity index (χ3v) is 3.18. The van der Waals surface area contributed by atoms with Crippen LogP contribution in [-0.2, 0) is 9.84 Å². The number of nitrogens with zero attached hydrogens (tertiary/aromatic N) is 4. The van der Waals surface area contributed by atoms with E-state index < -0.39 is 14.8 Å². The van der Waals surface area contributed by atoms with Gasteiger partial charge in [-0.05, 0) is 11.6 Å². The van der Waals surface area contributed by atoms with E-state index in [9.17, 15) is 18.5 Å². The highest BCUT2D eigenvalue weighted by Crippen LogP contribution is 2.24. The molecular weight excluding hydrogens is 284 g/mol. The number of aromatic nitrogens is 2. The van der Waals surface area contributed by atoms with Gasteiger partial charge in [0, 0.05) is 19.8 Å². The van der Waals surface area contributed by atoms with E-state index in [0.717, 1.165) is 12.5 Å². The van der Waals surface area contributed by atoms with Gasteiger partial charge in [0.2, 0.25) is 11.1 Å².